The molecule has 0 radical (unpaired) electrons. The van der Waals surface area contributed by atoms with Gasteiger partial charge in [-0.3, -0.25) is 9.59 Å². The lowest BCUT2D eigenvalue weighted by molar-refractivity contribution is 0.0998. The van der Waals surface area contributed by atoms with Crippen molar-refractivity contribution < 1.29 is 14.7 Å². The van der Waals surface area contributed by atoms with Gasteiger partial charge in [0, 0.05) is 16.3 Å². The quantitative estimate of drug-likeness (QED) is 0.810. The van der Waals surface area contributed by atoms with Crippen molar-refractivity contribution in [3.8, 4) is 5.75 Å². The van der Waals surface area contributed by atoms with Gasteiger partial charge in [0.1, 0.15) is 5.75 Å². The standard InChI is InChI=1S/C14H11ClN2O3/c15-9-3-6-12(18)11(7-9)14(20)17-10-4-1-8(2-5-10)13(16)19/h1-7,18H,(H2,16,19)(H,17,20). The van der Waals surface area contributed by atoms with Gasteiger partial charge in [-0.1, -0.05) is 11.6 Å². The SMILES string of the molecule is NC(=O)c1ccc(NC(=O)c2cc(Cl)ccc2O)cc1. The summed E-state index contributed by atoms with van der Waals surface area (Å²) in [5.41, 5.74) is 6.00. The van der Waals surface area contributed by atoms with Gasteiger partial charge in [0.25, 0.3) is 5.91 Å². The Bertz CT molecular complexity index is 669. The maximum absolute atomic E-state index is 12.0. The second-order valence-electron chi connectivity index (χ2n) is 4.06. The van der Waals surface area contributed by atoms with Gasteiger partial charge in [-0.2, -0.15) is 0 Å². The van der Waals surface area contributed by atoms with E-state index in [0.29, 0.717) is 16.3 Å². The zero-order chi connectivity index (χ0) is 14.7. The van der Waals surface area contributed by atoms with Crippen molar-refractivity contribution in [3.05, 3.63) is 58.6 Å². The predicted molar refractivity (Wildman–Crippen MR) is 76.0 cm³/mol. The van der Waals surface area contributed by atoms with Crippen LogP contribution in [0.25, 0.3) is 0 Å². The summed E-state index contributed by atoms with van der Waals surface area (Å²) in [4.78, 5) is 22.9. The molecule has 102 valence electrons. The van der Waals surface area contributed by atoms with Crippen LogP contribution in [-0.4, -0.2) is 16.9 Å². The van der Waals surface area contributed by atoms with Crippen LogP contribution in [0.5, 0.6) is 5.75 Å². The van der Waals surface area contributed by atoms with Crippen LogP contribution in [-0.2, 0) is 0 Å². The average molecular weight is 291 g/mol. The monoisotopic (exact) mass is 290 g/mol. The summed E-state index contributed by atoms with van der Waals surface area (Å²) in [6.45, 7) is 0. The molecule has 2 aromatic rings. The molecule has 0 saturated heterocycles. The molecule has 0 aliphatic carbocycles. The van der Waals surface area contributed by atoms with Crippen molar-refractivity contribution in [1.82, 2.24) is 0 Å². The number of aromatic hydroxyl groups is 1. The van der Waals surface area contributed by atoms with Crippen LogP contribution in [0.4, 0.5) is 5.69 Å². The molecule has 2 aromatic carbocycles. The first-order valence-electron chi connectivity index (χ1n) is 5.67. The first-order valence-corrected chi connectivity index (χ1v) is 6.05. The number of phenols is 1. The number of halogens is 1. The number of anilines is 1. The minimum absolute atomic E-state index is 0.0662. The van der Waals surface area contributed by atoms with E-state index in [-0.39, 0.29) is 11.3 Å². The number of rotatable bonds is 3. The number of phenolic OH excluding ortho intramolecular Hbond substituents is 1. The highest BCUT2D eigenvalue weighted by atomic mass is 35.5. The number of nitrogens with two attached hydrogens (primary N) is 1. The Kier molecular flexibility index (Phi) is 3.91. The molecule has 0 saturated carbocycles. The molecule has 0 fully saturated rings. The normalized spacial score (nSPS) is 10.1. The Morgan fingerprint density at radius 1 is 1.10 bits per heavy atom. The van der Waals surface area contributed by atoms with Crippen LogP contribution < -0.4 is 11.1 Å². The number of benzene rings is 2. The topological polar surface area (TPSA) is 92.4 Å². The van der Waals surface area contributed by atoms with Crippen LogP contribution in [0.15, 0.2) is 42.5 Å². The Hall–Kier alpha value is -2.53. The average Bonchev–Trinajstić information content (AvgIpc) is 2.42. The molecule has 0 heterocycles. The van der Waals surface area contributed by atoms with Gasteiger partial charge in [-0.05, 0) is 42.5 Å². The largest absolute Gasteiger partial charge is 0.507 e. The molecule has 0 atom stereocenters. The first-order chi connectivity index (χ1) is 9.47. The number of hydrogen-bond acceptors (Lipinski definition) is 3. The molecule has 0 spiro atoms. The van der Waals surface area contributed by atoms with E-state index in [1.165, 1.54) is 30.3 Å². The van der Waals surface area contributed by atoms with E-state index < -0.39 is 11.8 Å². The lowest BCUT2D eigenvalue weighted by Crippen LogP contribution is -2.13. The summed E-state index contributed by atoms with van der Waals surface area (Å²) in [7, 11) is 0. The molecule has 0 aliphatic rings. The highest BCUT2D eigenvalue weighted by molar-refractivity contribution is 6.31. The molecular weight excluding hydrogens is 280 g/mol. The van der Waals surface area contributed by atoms with E-state index in [1.807, 2.05) is 0 Å². The third-order valence-electron chi connectivity index (χ3n) is 2.63. The van der Waals surface area contributed by atoms with Crippen LogP contribution in [0, 0.1) is 0 Å². The Morgan fingerprint density at radius 2 is 1.75 bits per heavy atom. The number of hydrogen-bond donors (Lipinski definition) is 3. The lowest BCUT2D eigenvalue weighted by atomic mass is 10.1. The van der Waals surface area contributed by atoms with Gasteiger partial charge in [-0.15, -0.1) is 0 Å². The van der Waals surface area contributed by atoms with Crippen molar-refractivity contribution in [1.29, 1.82) is 0 Å². The van der Waals surface area contributed by atoms with Crippen molar-refractivity contribution in [2.45, 2.75) is 0 Å². The number of amides is 2. The molecule has 6 heteroatoms. The van der Waals surface area contributed by atoms with Gasteiger partial charge in [-0.25, -0.2) is 0 Å². The minimum Gasteiger partial charge on any atom is -0.507 e. The molecule has 2 rings (SSSR count). The Labute approximate surface area is 120 Å². The fourth-order valence-electron chi connectivity index (χ4n) is 1.61. The maximum atomic E-state index is 12.0. The Morgan fingerprint density at radius 3 is 2.35 bits per heavy atom. The van der Waals surface area contributed by atoms with Crippen LogP contribution in [0.2, 0.25) is 5.02 Å². The molecule has 5 nitrogen and oxygen atoms in total. The van der Waals surface area contributed by atoms with E-state index in [2.05, 4.69) is 5.32 Å². The zero-order valence-electron chi connectivity index (χ0n) is 10.3. The van der Waals surface area contributed by atoms with Crippen molar-refractivity contribution in [2.24, 2.45) is 5.73 Å². The van der Waals surface area contributed by atoms with Crippen molar-refractivity contribution in [2.75, 3.05) is 5.32 Å². The second kappa shape index (κ2) is 5.63. The van der Waals surface area contributed by atoms with Crippen LogP contribution >= 0.6 is 11.6 Å². The van der Waals surface area contributed by atoms with E-state index >= 15 is 0 Å². The third-order valence-corrected chi connectivity index (χ3v) is 2.87. The van der Waals surface area contributed by atoms with E-state index in [9.17, 15) is 14.7 Å². The molecule has 0 aliphatic heterocycles. The van der Waals surface area contributed by atoms with Gasteiger partial charge in [0.05, 0.1) is 5.56 Å². The molecule has 2 amide bonds. The Balaban J connectivity index is 2.19. The maximum Gasteiger partial charge on any atom is 0.259 e. The van der Waals surface area contributed by atoms with Gasteiger partial charge in [0.2, 0.25) is 5.91 Å². The highest BCUT2D eigenvalue weighted by Crippen LogP contribution is 2.22. The summed E-state index contributed by atoms with van der Waals surface area (Å²) in [6, 6.07) is 10.3. The van der Waals surface area contributed by atoms with E-state index in [4.69, 9.17) is 17.3 Å². The summed E-state index contributed by atoms with van der Waals surface area (Å²) >= 11 is 5.78. The molecule has 0 aromatic heterocycles. The lowest BCUT2D eigenvalue weighted by Gasteiger charge is -2.07. The first kappa shape index (κ1) is 13.9. The van der Waals surface area contributed by atoms with Crippen LogP contribution in [0.1, 0.15) is 20.7 Å². The number of carbonyl (C=O) groups excluding carboxylic acids is 2. The van der Waals surface area contributed by atoms with Crippen LogP contribution in [0.3, 0.4) is 0 Å². The summed E-state index contributed by atoms with van der Waals surface area (Å²) in [5.74, 6) is -1.21. The number of nitrogens with one attached hydrogen (secondary N) is 1. The van der Waals surface area contributed by atoms with E-state index in [0.717, 1.165) is 0 Å². The van der Waals surface area contributed by atoms with Gasteiger partial charge >= 0.3 is 0 Å². The molecular formula is C14H11ClN2O3. The second-order valence-corrected chi connectivity index (χ2v) is 4.49. The summed E-state index contributed by atoms with van der Waals surface area (Å²) in [6.07, 6.45) is 0. The highest BCUT2D eigenvalue weighted by Gasteiger charge is 2.12. The molecule has 0 unspecified atom stereocenters. The fourth-order valence-corrected chi connectivity index (χ4v) is 1.78. The third kappa shape index (κ3) is 3.07. The molecule has 0 bridgehead atoms. The predicted octanol–water partition coefficient (Wildman–Crippen LogP) is 2.40. The molecule has 20 heavy (non-hydrogen) atoms. The smallest absolute Gasteiger partial charge is 0.259 e. The van der Waals surface area contributed by atoms with Crippen molar-refractivity contribution in [3.63, 3.8) is 0 Å². The number of carbonyl (C=O) groups is 2. The number of primary amides is 1. The van der Waals surface area contributed by atoms with Gasteiger partial charge < -0.3 is 16.2 Å². The molecule has 4 N–H and O–H groups in total. The van der Waals surface area contributed by atoms with Crippen molar-refractivity contribution >= 4 is 29.1 Å². The zero-order valence-corrected chi connectivity index (χ0v) is 11.0. The summed E-state index contributed by atoms with van der Waals surface area (Å²) < 4.78 is 0. The van der Waals surface area contributed by atoms with E-state index in [1.54, 1.807) is 12.1 Å². The minimum atomic E-state index is -0.546. The fraction of sp³-hybridized carbons (Fsp3) is 0. The van der Waals surface area contributed by atoms with Gasteiger partial charge in [0.15, 0.2) is 0 Å². The summed E-state index contributed by atoms with van der Waals surface area (Å²) in [5, 5.41) is 12.5.